The van der Waals surface area contributed by atoms with Crippen LogP contribution in [0.15, 0.2) is 78.9 Å². The molecule has 5 heteroatoms. The number of piperidine rings is 1. The van der Waals surface area contributed by atoms with Crippen LogP contribution in [-0.4, -0.2) is 35.0 Å². The van der Waals surface area contributed by atoms with Crippen LogP contribution in [-0.2, 0) is 0 Å². The number of benzene rings is 2. The van der Waals surface area contributed by atoms with Crippen molar-refractivity contribution in [3.05, 3.63) is 91.4 Å². The smallest absolute Gasteiger partial charge is 0.183 e. The van der Waals surface area contributed by atoms with Gasteiger partial charge in [0.25, 0.3) is 0 Å². The molecule has 0 aliphatic carbocycles. The Balaban J connectivity index is 0.00000117. The van der Waals surface area contributed by atoms with E-state index in [-0.39, 0.29) is 11.6 Å². The Bertz CT molecular complexity index is 972. The second kappa shape index (κ2) is 9.43. The van der Waals surface area contributed by atoms with Gasteiger partial charge in [0.05, 0.1) is 11.7 Å². The molecule has 0 bridgehead atoms. The summed E-state index contributed by atoms with van der Waals surface area (Å²) in [5.41, 5.74) is 2.32. The molecule has 29 heavy (non-hydrogen) atoms. The molecule has 1 saturated heterocycles. The lowest BCUT2D eigenvalue weighted by molar-refractivity contribution is 0.0832. The summed E-state index contributed by atoms with van der Waals surface area (Å²) in [5, 5.41) is 5.35. The monoisotopic (exact) mass is 392 g/mol. The highest BCUT2D eigenvalue weighted by atomic mass is 19.1. The number of para-hydroxylation sites is 1. The Labute approximate surface area is 170 Å². The lowest BCUT2D eigenvalue weighted by atomic mass is 9.90. The number of rotatable bonds is 5. The standard InChI is InChI=1S/C22H21FN2O2.C2H4/c1-2-19(22(26)16-7-9-17(23)10-8-16)25-13-11-15(12-14-25)21-18-5-3-4-6-20(18)27-24-21;1-2/h2-10,15,19H,1,11-14H2;1-2H2. The third kappa shape index (κ3) is 4.35. The number of ketones is 1. The van der Waals surface area contributed by atoms with Crippen molar-refractivity contribution in [3.8, 4) is 0 Å². The predicted octanol–water partition coefficient (Wildman–Crippen LogP) is 5.39. The van der Waals surface area contributed by atoms with Crippen LogP contribution >= 0.6 is 0 Å². The van der Waals surface area contributed by atoms with Gasteiger partial charge < -0.3 is 4.52 Å². The molecule has 1 atom stereocenters. The number of carbonyl (C=O) groups excluding carboxylic acids is 1. The van der Waals surface area contributed by atoms with E-state index in [1.807, 2.05) is 24.3 Å². The predicted molar refractivity (Wildman–Crippen MR) is 114 cm³/mol. The van der Waals surface area contributed by atoms with E-state index in [1.165, 1.54) is 24.3 Å². The maximum Gasteiger partial charge on any atom is 0.183 e. The first-order chi connectivity index (χ1) is 14.2. The molecule has 3 aromatic rings. The number of halogens is 1. The molecule has 1 fully saturated rings. The summed E-state index contributed by atoms with van der Waals surface area (Å²) in [7, 11) is 0. The van der Waals surface area contributed by atoms with Crippen LogP contribution in [0.3, 0.4) is 0 Å². The Hall–Kier alpha value is -3.05. The number of likely N-dealkylation sites (tertiary alicyclic amines) is 1. The van der Waals surface area contributed by atoms with Gasteiger partial charge in [-0.1, -0.05) is 23.4 Å². The number of hydrogen-bond acceptors (Lipinski definition) is 4. The molecule has 1 aromatic heterocycles. The molecule has 150 valence electrons. The molecule has 0 N–H and O–H groups in total. The molecule has 0 saturated carbocycles. The van der Waals surface area contributed by atoms with Crippen molar-refractivity contribution in [2.75, 3.05) is 13.1 Å². The molecule has 2 aromatic carbocycles. The van der Waals surface area contributed by atoms with Gasteiger partial charge >= 0.3 is 0 Å². The van der Waals surface area contributed by atoms with Crippen LogP contribution < -0.4 is 0 Å². The van der Waals surface area contributed by atoms with E-state index in [4.69, 9.17) is 4.52 Å². The van der Waals surface area contributed by atoms with E-state index in [0.717, 1.165) is 42.6 Å². The van der Waals surface area contributed by atoms with Crippen molar-refractivity contribution in [1.29, 1.82) is 0 Å². The van der Waals surface area contributed by atoms with Gasteiger partial charge in [-0.3, -0.25) is 9.69 Å². The minimum Gasteiger partial charge on any atom is -0.356 e. The zero-order chi connectivity index (χ0) is 20.8. The molecule has 1 unspecified atom stereocenters. The van der Waals surface area contributed by atoms with Crippen molar-refractivity contribution < 1.29 is 13.7 Å². The molecule has 4 nitrogen and oxygen atoms in total. The van der Waals surface area contributed by atoms with E-state index in [0.29, 0.717) is 11.5 Å². The second-order valence-electron chi connectivity index (χ2n) is 6.93. The minimum absolute atomic E-state index is 0.0460. The highest BCUT2D eigenvalue weighted by Gasteiger charge is 2.30. The Kier molecular flexibility index (Phi) is 6.73. The number of nitrogens with zero attached hydrogens (tertiary/aromatic N) is 2. The van der Waals surface area contributed by atoms with Crippen LogP contribution in [0.5, 0.6) is 0 Å². The fourth-order valence-corrected chi connectivity index (χ4v) is 3.86. The van der Waals surface area contributed by atoms with Crippen LogP contribution in [0.4, 0.5) is 4.39 Å². The summed E-state index contributed by atoms with van der Waals surface area (Å²) < 4.78 is 18.6. The van der Waals surface area contributed by atoms with Crippen LogP contribution in [0.1, 0.15) is 34.8 Å². The topological polar surface area (TPSA) is 46.3 Å². The first kappa shape index (κ1) is 20.7. The number of carbonyl (C=O) groups is 1. The molecule has 2 heterocycles. The highest BCUT2D eigenvalue weighted by molar-refractivity contribution is 6.01. The minimum atomic E-state index is -0.398. The van der Waals surface area contributed by atoms with E-state index in [2.05, 4.69) is 29.8 Å². The third-order valence-corrected chi connectivity index (χ3v) is 5.34. The van der Waals surface area contributed by atoms with E-state index in [1.54, 1.807) is 6.08 Å². The van der Waals surface area contributed by atoms with Crippen LogP contribution in [0, 0.1) is 5.82 Å². The molecule has 0 spiro atoms. The van der Waals surface area contributed by atoms with E-state index >= 15 is 0 Å². The fourth-order valence-electron chi connectivity index (χ4n) is 3.86. The molecular formula is C24H25FN2O2. The summed E-state index contributed by atoms with van der Waals surface area (Å²) in [6.45, 7) is 11.4. The normalized spacial score (nSPS) is 16.0. The maximum atomic E-state index is 13.1. The lowest BCUT2D eigenvalue weighted by Crippen LogP contribution is -2.44. The first-order valence-electron chi connectivity index (χ1n) is 9.68. The summed E-state index contributed by atoms with van der Waals surface area (Å²) in [4.78, 5) is 14.9. The molecule has 1 aliphatic rings. The van der Waals surface area contributed by atoms with Crippen molar-refractivity contribution in [2.24, 2.45) is 0 Å². The highest BCUT2D eigenvalue weighted by Crippen LogP contribution is 2.33. The quantitative estimate of drug-likeness (QED) is 0.432. The second-order valence-corrected chi connectivity index (χ2v) is 6.93. The summed E-state index contributed by atoms with van der Waals surface area (Å²) in [5.74, 6) is -0.0750. The van der Waals surface area contributed by atoms with Gasteiger partial charge in [0.15, 0.2) is 11.4 Å². The number of fused-ring (bicyclic) bond motifs is 1. The number of Topliss-reactive ketones (excluding diaryl/α,β-unsaturated/α-hetero) is 1. The summed E-state index contributed by atoms with van der Waals surface area (Å²) >= 11 is 0. The van der Waals surface area contributed by atoms with Crippen molar-refractivity contribution in [3.63, 3.8) is 0 Å². The van der Waals surface area contributed by atoms with Gasteiger partial charge in [-0.05, 0) is 62.3 Å². The van der Waals surface area contributed by atoms with E-state index < -0.39 is 6.04 Å². The average molecular weight is 392 g/mol. The van der Waals surface area contributed by atoms with Gasteiger partial charge in [-0.15, -0.1) is 19.7 Å². The van der Waals surface area contributed by atoms with Crippen LogP contribution in [0.25, 0.3) is 11.0 Å². The van der Waals surface area contributed by atoms with Crippen molar-refractivity contribution in [1.82, 2.24) is 10.1 Å². The van der Waals surface area contributed by atoms with Gasteiger partial charge in [-0.2, -0.15) is 0 Å². The van der Waals surface area contributed by atoms with E-state index in [9.17, 15) is 9.18 Å². The van der Waals surface area contributed by atoms with Crippen LogP contribution in [0.2, 0.25) is 0 Å². The fraction of sp³-hybridized carbons (Fsp3) is 0.250. The van der Waals surface area contributed by atoms with Gasteiger partial charge in [0, 0.05) is 16.9 Å². The number of hydrogen-bond donors (Lipinski definition) is 0. The first-order valence-corrected chi connectivity index (χ1v) is 9.68. The summed E-state index contributed by atoms with van der Waals surface area (Å²) in [6, 6.07) is 13.2. The largest absolute Gasteiger partial charge is 0.356 e. The van der Waals surface area contributed by atoms with Gasteiger partial charge in [-0.25, -0.2) is 4.39 Å². The zero-order valence-electron chi connectivity index (χ0n) is 16.4. The van der Waals surface area contributed by atoms with Gasteiger partial charge in [0.1, 0.15) is 5.82 Å². The maximum absolute atomic E-state index is 13.1. The van der Waals surface area contributed by atoms with Gasteiger partial charge in [0.2, 0.25) is 0 Å². The lowest BCUT2D eigenvalue weighted by Gasteiger charge is -2.35. The Morgan fingerprint density at radius 2 is 1.79 bits per heavy atom. The third-order valence-electron chi connectivity index (χ3n) is 5.34. The molecule has 0 radical (unpaired) electrons. The Morgan fingerprint density at radius 3 is 2.45 bits per heavy atom. The molecule has 0 amide bonds. The average Bonchev–Trinajstić information content (AvgIpc) is 3.21. The number of aromatic nitrogens is 1. The molecule has 1 aliphatic heterocycles. The SMILES string of the molecule is C=C.C=CC(C(=O)c1ccc(F)cc1)N1CCC(c2noc3ccccc23)CC1. The molecule has 4 rings (SSSR count). The molecular weight excluding hydrogens is 367 g/mol. The Morgan fingerprint density at radius 1 is 1.14 bits per heavy atom. The van der Waals surface area contributed by atoms with Crippen molar-refractivity contribution in [2.45, 2.75) is 24.8 Å². The zero-order valence-corrected chi connectivity index (χ0v) is 16.4. The summed E-state index contributed by atoms with van der Waals surface area (Å²) in [6.07, 6.45) is 3.48. The van der Waals surface area contributed by atoms with Crippen molar-refractivity contribution >= 4 is 16.8 Å².